The molecule has 49 heavy (non-hydrogen) atoms. The molecule has 0 aliphatic carbocycles. The Kier molecular flexibility index (Phi) is 10.9. The monoisotopic (exact) mass is 711 g/mol. The lowest BCUT2D eigenvalue weighted by atomic mass is 10.0. The van der Waals surface area contributed by atoms with Crippen molar-refractivity contribution >= 4 is 38.6 Å². The number of amides is 1. The molecule has 6 heteroatoms. The van der Waals surface area contributed by atoms with E-state index in [9.17, 15) is 14.7 Å². The minimum atomic E-state index is -1.03. The first-order chi connectivity index (χ1) is 23.9. The average molecular weight is 713 g/mol. The highest BCUT2D eigenvalue weighted by atomic mass is 79.9. The van der Waals surface area contributed by atoms with Crippen molar-refractivity contribution in [3.8, 4) is 16.9 Å². The van der Waals surface area contributed by atoms with Gasteiger partial charge in [0.15, 0.2) is 6.10 Å². The molecule has 0 saturated carbocycles. The number of carbonyl (C=O) groups excluding carboxylic acids is 1. The van der Waals surface area contributed by atoms with Crippen molar-refractivity contribution < 1.29 is 19.4 Å². The summed E-state index contributed by atoms with van der Waals surface area (Å²) < 4.78 is 6.70. The van der Waals surface area contributed by atoms with Gasteiger partial charge in [0.25, 0.3) is 5.91 Å². The van der Waals surface area contributed by atoms with Crippen molar-refractivity contribution in [3.63, 3.8) is 0 Å². The van der Waals surface area contributed by atoms with Gasteiger partial charge in [-0.05, 0) is 90.8 Å². The highest BCUT2D eigenvalue weighted by Crippen LogP contribution is 2.35. The Labute approximate surface area is 295 Å². The molecule has 0 aromatic heterocycles. The summed E-state index contributed by atoms with van der Waals surface area (Å²) in [6.45, 7) is 3.06. The minimum absolute atomic E-state index is 0.0446. The number of rotatable bonds is 13. The predicted octanol–water partition coefficient (Wildman–Crippen LogP) is 10.1. The quantitative estimate of drug-likeness (QED) is 0.130. The maximum Gasteiger partial charge on any atom is 0.345 e. The van der Waals surface area contributed by atoms with Gasteiger partial charge in [0.1, 0.15) is 5.75 Å². The van der Waals surface area contributed by atoms with E-state index in [2.05, 4.69) is 53.2 Å². The van der Waals surface area contributed by atoms with Gasteiger partial charge >= 0.3 is 5.97 Å². The number of nitrogens with zero attached hydrogens (tertiary/aromatic N) is 1. The van der Waals surface area contributed by atoms with Gasteiger partial charge in [-0.1, -0.05) is 129 Å². The summed E-state index contributed by atoms with van der Waals surface area (Å²) in [7, 11) is 0. The largest absolute Gasteiger partial charge is 0.478 e. The summed E-state index contributed by atoms with van der Waals surface area (Å²) in [5.74, 6) is -0.605. The van der Waals surface area contributed by atoms with Crippen LogP contribution in [0.25, 0.3) is 21.9 Å². The topological polar surface area (TPSA) is 66.8 Å². The van der Waals surface area contributed by atoms with Crippen molar-refractivity contribution in [1.82, 2.24) is 4.90 Å². The van der Waals surface area contributed by atoms with Crippen LogP contribution < -0.4 is 4.74 Å². The maximum absolute atomic E-state index is 14.0. The number of halogens is 1. The van der Waals surface area contributed by atoms with E-state index in [4.69, 9.17) is 4.74 Å². The number of benzene rings is 6. The van der Waals surface area contributed by atoms with Gasteiger partial charge in [0.05, 0.1) is 4.47 Å². The second-order valence-electron chi connectivity index (χ2n) is 12.2. The van der Waals surface area contributed by atoms with E-state index in [1.165, 1.54) is 5.56 Å². The summed E-state index contributed by atoms with van der Waals surface area (Å²) in [4.78, 5) is 28.0. The van der Waals surface area contributed by atoms with Crippen molar-refractivity contribution in [3.05, 3.63) is 172 Å². The Hall–Kier alpha value is -5.20. The van der Waals surface area contributed by atoms with Crippen LogP contribution in [0, 0.1) is 0 Å². The molecule has 0 radical (unpaired) electrons. The second-order valence-corrected chi connectivity index (χ2v) is 13.0. The highest BCUT2D eigenvalue weighted by molar-refractivity contribution is 9.10. The maximum atomic E-state index is 14.0. The molecule has 1 unspecified atom stereocenters. The molecular weight excluding hydrogens is 674 g/mol. The van der Waals surface area contributed by atoms with E-state index in [-0.39, 0.29) is 12.3 Å². The number of carbonyl (C=O) groups is 2. The van der Waals surface area contributed by atoms with Crippen molar-refractivity contribution in [2.45, 2.75) is 45.4 Å². The smallest absolute Gasteiger partial charge is 0.345 e. The van der Waals surface area contributed by atoms with E-state index < -0.39 is 12.1 Å². The molecule has 0 bridgehead atoms. The second kappa shape index (κ2) is 15.8. The van der Waals surface area contributed by atoms with Crippen LogP contribution >= 0.6 is 15.9 Å². The molecule has 6 rings (SSSR count). The molecule has 1 atom stereocenters. The molecule has 246 valence electrons. The molecule has 1 amide bonds. The number of fused-ring (bicyclic) bond motifs is 1. The fourth-order valence-corrected chi connectivity index (χ4v) is 6.62. The van der Waals surface area contributed by atoms with Gasteiger partial charge in [-0.15, -0.1) is 0 Å². The number of ether oxygens (including phenoxy) is 1. The molecule has 0 spiro atoms. The lowest BCUT2D eigenvalue weighted by Crippen LogP contribution is -2.30. The van der Waals surface area contributed by atoms with Gasteiger partial charge in [-0.3, -0.25) is 4.79 Å². The Morgan fingerprint density at radius 3 is 1.92 bits per heavy atom. The normalized spacial score (nSPS) is 11.6. The van der Waals surface area contributed by atoms with E-state index in [0.29, 0.717) is 28.9 Å². The number of carboxylic acid groups (broad SMARTS) is 1. The van der Waals surface area contributed by atoms with Crippen LogP contribution in [0.5, 0.6) is 5.75 Å². The summed E-state index contributed by atoms with van der Waals surface area (Å²) in [5.41, 5.74) is 7.09. The van der Waals surface area contributed by atoms with Crippen LogP contribution in [-0.2, 0) is 30.7 Å². The van der Waals surface area contributed by atoms with Crippen LogP contribution in [0.15, 0.2) is 144 Å². The zero-order chi connectivity index (χ0) is 34.2. The number of carboxylic acids is 1. The van der Waals surface area contributed by atoms with Crippen molar-refractivity contribution in [2.24, 2.45) is 0 Å². The first kappa shape index (κ1) is 33.7. The molecule has 6 aromatic rings. The summed E-state index contributed by atoms with van der Waals surface area (Å²) in [6, 6.07) is 45.8. The molecule has 0 heterocycles. The molecule has 5 nitrogen and oxygen atoms in total. The number of hydrogen-bond acceptors (Lipinski definition) is 3. The summed E-state index contributed by atoms with van der Waals surface area (Å²) in [5, 5.41) is 11.7. The number of aliphatic carboxylic acids is 1. The molecule has 1 N–H and O–H groups in total. The Bertz CT molecular complexity index is 2030. The van der Waals surface area contributed by atoms with Crippen LogP contribution in [-0.4, -0.2) is 28.0 Å². The van der Waals surface area contributed by atoms with Crippen LogP contribution in [0.4, 0.5) is 0 Å². The van der Waals surface area contributed by atoms with Gasteiger partial charge in [-0.25, -0.2) is 4.79 Å². The van der Waals surface area contributed by atoms with E-state index in [1.807, 2.05) is 108 Å². The fraction of sp³-hybridized carbons (Fsp3) is 0.163. The zero-order valence-corrected chi connectivity index (χ0v) is 29.0. The molecule has 0 fully saturated rings. The van der Waals surface area contributed by atoms with E-state index in [1.54, 1.807) is 6.07 Å². The van der Waals surface area contributed by atoms with Crippen molar-refractivity contribution in [1.29, 1.82) is 0 Å². The first-order valence-corrected chi connectivity index (χ1v) is 17.3. The predicted molar refractivity (Wildman–Crippen MR) is 200 cm³/mol. The van der Waals surface area contributed by atoms with Gasteiger partial charge in [0, 0.05) is 25.1 Å². The van der Waals surface area contributed by atoms with Gasteiger partial charge in [0.2, 0.25) is 0 Å². The Morgan fingerprint density at radius 1 is 0.694 bits per heavy atom. The third-order valence-electron chi connectivity index (χ3n) is 8.63. The third kappa shape index (κ3) is 8.45. The van der Waals surface area contributed by atoms with Crippen LogP contribution in [0.3, 0.4) is 0 Å². The van der Waals surface area contributed by atoms with E-state index in [0.717, 1.165) is 51.4 Å². The number of hydrogen-bond donors (Lipinski definition) is 1. The molecule has 0 aliphatic rings. The first-order valence-electron chi connectivity index (χ1n) is 16.5. The van der Waals surface area contributed by atoms with E-state index >= 15 is 0 Å². The third-order valence-corrected chi connectivity index (χ3v) is 9.44. The van der Waals surface area contributed by atoms with Crippen molar-refractivity contribution in [2.75, 3.05) is 0 Å². The van der Waals surface area contributed by atoms with Crippen LogP contribution in [0.1, 0.15) is 46.0 Å². The molecule has 0 saturated heterocycles. The number of aryl methyl sites for hydroxylation is 1. The average Bonchev–Trinajstić information content (AvgIpc) is 3.13. The minimum Gasteiger partial charge on any atom is -0.478 e. The van der Waals surface area contributed by atoms with Gasteiger partial charge in [-0.2, -0.15) is 0 Å². The zero-order valence-electron chi connectivity index (χ0n) is 27.4. The molecule has 6 aromatic carbocycles. The summed E-state index contributed by atoms with van der Waals surface area (Å²) in [6.07, 6.45) is 1.40. The molecule has 0 aliphatic heterocycles. The molecular formula is C43H38BrNO4. The highest BCUT2D eigenvalue weighted by Gasteiger charge is 2.22. The summed E-state index contributed by atoms with van der Waals surface area (Å²) >= 11 is 3.67. The lowest BCUT2D eigenvalue weighted by Gasteiger charge is -2.24. The SMILES string of the molecule is CCCc1ccc(-c2ccc(C(=O)N(Cc3ccccc3)Cc3ccc4c(Br)c(OC(Cc5ccccc5)C(=O)O)ccc4c3)cc2)cc1. The van der Waals surface area contributed by atoms with Gasteiger partial charge < -0.3 is 14.7 Å². The standard InChI is InChI=1S/C43H38BrNO4/c1-2-9-30-14-17-34(18-15-30)35-19-21-36(22-20-35)42(46)45(28-32-12-7-4-8-13-32)29-33-16-24-38-37(26-33)23-25-39(41(38)44)49-40(43(47)48)27-31-10-5-3-6-11-31/h3-8,10-26,40H,2,9,27-29H2,1H3,(H,47,48). The Morgan fingerprint density at radius 2 is 1.29 bits per heavy atom. The fourth-order valence-electron chi connectivity index (χ4n) is 6.04. The van der Waals surface area contributed by atoms with Crippen LogP contribution in [0.2, 0.25) is 0 Å². The Balaban J connectivity index is 1.22. The lowest BCUT2D eigenvalue weighted by molar-refractivity contribution is -0.145.